The highest BCUT2D eigenvalue weighted by Crippen LogP contribution is 2.50. The molecule has 4 heteroatoms. The van der Waals surface area contributed by atoms with Crippen LogP contribution in [-0.2, 0) is 9.59 Å². The number of hydrogen-bond acceptors (Lipinski definition) is 2. The van der Waals surface area contributed by atoms with Gasteiger partial charge in [0.1, 0.15) is 0 Å². The quantitative estimate of drug-likeness (QED) is 0.731. The van der Waals surface area contributed by atoms with Crippen LogP contribution < -0.4 is 0 Å². The molecule has 3 saturated carbocycles. The molecular weight excluding hydrogens is 196 g/mol. The first kappa shape index (κ1) is 10.5. The zero-order valence-electron chi connectivity index (χ0n) is 8.61. The molecule has 3 fully saturated rings. The zero-order chi connectivity index (χ0) is 11.1. The van der Waals surface area contributed by atoms with Crippen molar-refractivity contribution < 1.29 is 19.8 Å². The normalized spacial score (nSPS) is 39.7. The number of carboxylic acid groups (broad SMARTS) is 2. The van der Waals surface area contributed by atoms with Gasteiger partial charge in [-0.15, -0.1) is 0 Å². The minimum absolute atomic E-state index is 0.206. The number of rotatable bonds is 2. The van der Waals surface area contributed by atoms with Crippen molar-refractivity contribution in [1.82, 2.24) is 0 Å². The molecular formula is C11H16O4. The van der Waals surface area contributed by atoms with Crippen molar-refractivity contribution in [2.45, 2.75) is 38.5 Å². The number of carboxylic acids is 2. The van der Waals surface area contributed by atoms with Gasteiger partial charge in [-0.25, -0.2) is 0 Å². The first-order valence-electron chi connectivity index (χ1n) is 5.51. The molecule has 1 atom stereocenters. The van der Waals surface area contributed by atoms with Crippen molar-refractivity contribution in [2.24, 2.45) is 17.3 Å². The van der Waals surface area contributed by atoms with Gasteiger partial charge in [0.25, 0.3) is 0 Å². The molecule has 2 N–H and O–H groups in total. The molecule has 0 aliphatic heterocycles. The Morgan fingerprint density at radius 2 is 1.53 bits per heavy atom. The monoisotopic (exact) mass is 212 g/mol. The van der Waals surface area contributed by atoms with Crippen LogP contribution in [0.3, 0.4) is 0 Å². The van der Waals surface area contributed by atoms with Crippen LogP contribution in [0, 0.1) is 17.3 Å². The largest absolute Gasteiger partial charge is 0.481 e. The van der Waals surface area contributed by atoms with Gasteiger partial charge in [-0.05, 0) is 44.4 Å². The Bertz CT molecular complexity index is 289. The Morgan fingerprint density at radius 3 is 2.00 bits per heavy atom. The summed E-state index contributed by atoms with van der Waals surface area (Å²) < 4.78 is 0. The fourth-order valence-corrected chi connectivity index (χ4v) is 3.16. The van der Waals surface area contributed by atoms with E-state index in [-0.39, 0.29) is 11.8 Å². The van der Waals surface area contributed by atoms with Crippen LogP contribution >= 0.6 is 0 Å². The summed E-state index contributed by atoms with van der Waals surface area (Å²) in [7, 11) is 0. The highest BCUT2D eigenvalue weighted by molar-refractivity contribution is 5.76. The molecule has 2 bridgehead atoms. The summed E-state index contributed by atoms with van der Waals surface area (Å²) in [5, 5.41) is 18.3. The maximum Gasteiger partial charge on any atom is 0.309 e. The molecule has 3 rings (SSSR count). The maximum absolute atomic E-state index is 11.2. The van der Waals surface area contributed by atoms with E-state index in [0.717, 1.165) is 12.8 Å². The molecule has 0 amide bonds. The van der Waals surface area contributed by atoms with Crippen molar-refractivity contribution in [1.29, 1.82) is 0 Å². The van der Waals surface area contributed by atoms with Gasteiger partial charge in [0.15, 0.2) is 0 Å². The van der Waals surface area contributed by atoms with E-state index in [0.29, 0.717) is 25.7 Å². The molecule has 0 spiro atoms. The lowest BCUT2D eigenvalue weighted by Crippen LogP contribution is -2.33. The first-order chi connectivity index (χ1) is 7.05. The van der Waals surface area contributed by atoms with Crippen LogP contribution in [0.4, 0.5) is 0 Å². The lowest BCUT2D eigenvalue weighted by Gasteiger charge is -2.33. The number of carbonyl (C=O) groups is 2. The summed E-state index contributed by atoms with van der Waals surface area (Å²) in [4.78, 5) is 22.2. The van der Waals surface area contributed by atoms with Crippen molar-refractivity contribution in [3.05, 3.63) is 0 Å². The van der Waals surface area contributed by atoms with Gasteiger partial charge < -0.3 is 10.2 Å². The fourth-order valence-electron chi connectivity index (χ4n) is 3.16. The van der Waals surface area contributed by atoms with E-state index in [9.17, 15) is 14.7 Å². The van der Waals surface area contributed by atoms with E-state index in [2.05, 4.69) is 0 Å². The minimum Gasteiger partial charge on any atom is -0.481 e. The second-order valence-corrected chi connectivity index (χ2v) is 4.91. The summed E-state index contributed by atoms with van der Waals surface area (Å²) in [6.07, 6.45) is 3.93. The molecule has 3 aliphatic rings. The van der Waals surface area contributed by atoms with Gasteiger partial charge in [0.2, 0.25) is 0 Å². The van der Waals surface area contributed by atoms with Gasteiger partial charge in [0, 0.05) is 0 Å². The Balaban J connectivity index is 2.21. The van der Waals surface area contributed by atoms with Gasteiger partial charge in [-0.3, -0.25) is 9.59 Å². The first-order valence-corrected chi connectivity index (χ1v) is 5.51. The zero-order valence-corrected chi connectivity index (χ0v) is 8.61. The minimum atomic E-state index is -0.747. The summed E-state index contributed by atoms with van der Waals surface area (Å²) in [5.74, 6) is -1.58. The number of hydrogen-bond donors (Lipinski definition) is 2. The number of aliphatic carboxylic acids is 2. The number of fused-ring (bicyclic) bond motifs is 4. The highest BCUT2D eigenvalue weighted by atomic mass is 16.4. The molecule has 3 aliphatic carbocycles. The molecule has 15 heavy (non-hydrogen) atoms. The summed E-state index contributed by atoms with van der Waals surface area (Å²) in [6, 6.07) is 0. The molecule has 0 saturated heterocycles. The third kappa shape index (κ3) is 1.62. The van der Waals surface area contributed by atoms with Crippen LogP contribution in [0.1, 0.15) is 38.5 Å². The predicted molar refractivity (Wildman–Crippen MR) is 52.4 cm³/mol. The average Bonchev–Trinajstić information content (AvgIpc) is 2.48. The van der Waals surface area contributed by atoms with E-state index in [1.807, 2.05) is 0 Å². The average molecular weight is 212 g/mol. The van der Waals surface area contributed by atoms with E-state index in [1.54, 1.807) is 0 Å². The summed E-state index contributed by atoms with van der Waals surface area (Å²) in [5.41, 5.74) is -0.610. The maximum atomic E-state index is 11.2. The van der Waals surface area contributed by atoms with Gasteiger partial charge in [-0.1, -0.05) is 0 Å². The Kier molecular flexibility index (Phi) is 2.44. The molecule has 0 aromatic carbocycles. The van der Waals surface area contributed by atoms with E-state index >= 15 is 0 Å². The molecule has 1 unspecified atom stereocenters. The van der Waals surface area contributed by atoms with Crippen molar-refractivity contribution >= 4 is 11.9 Å². The van der Waals surface area contributed by atoms with Crippen LogP contribution in [0.2, 0.25) is 0 Å². The molecule has 4 nitrogen and oxygen atoms in total. The highest BCUT2D eigenvalue weighted by Gasteiger charge is 2.48. The third-order valence-electron chi connectivity index (χ3n) is 4.26. The predicted octanol–water partition coefficient (Wildman–Crippen LogP) is 1.74. The van der Waals surface area contributed by atoms with Crippen molar-refractivity contribution in [3.63, 3.8) is 0 Å². The Labute approximate surface area is 88.3 Å². The van der Waals surface area contributed by atoms with Gasteiger partial charge in [0.05, 0.1) is 11.3 Å². The Hall–Kier alpha value is -1.06. The Morgan fingerprint density at radius 1 is 1.00 bits per heavy atom. The van der Waals surface area contributed by atoms with Crippen LogP contribution in [0.5, 0.6) is 0 Å². The van der Waals surface area contributed by atoms with E-state index in [1.165, 1.54) is 0 Å². The van der Waals surface area contributed by atoms with Crippen molar-refractivity contribution in [2.75, 3.05) is 0 Å². The summed E-state index contributed by atoms with van der Waals surface area (Å²) in [6.45, 7) is 0. The van der Waals surface area contributed by atoms with Crippen LogP contribution in [-0.4, -0.2) is 22.2 Å². The van der Waals surface area contributed by atoms with Gasteiger partial charge in [-0.2, -0.15) is 0 Å². The van der Waals surface area contributed by atoms with Gasteiger partial charge >= 0.3 is 11.9 Å². The SMILES string of the molecule is O=C(O)C1CCC2(C(=O)O)CCC1CC2. The summed E-state index contributed by atoms with van der Waals surface area (Å²) >= 11 is 0. The second kappa shape index (κ2) is 3.51. The molecule has 84 valence electrons. The molecule has 0 aromatic rings. The molecule has 0 radical (unpaired) electrons. The third-order valence-corrected chi connectivity index (χ3v) is 4.26. The van der Waals surface area contributed by atoms with Crippen LogP contribution in [0.15, 0.2) is 0 Å². The molecule has 0 aromatic heterocycles. The standard InChI is InChI=1S/C11H16O4/c12-9(13)8-3-6-11(10(14)15)4-1-7(8)2-5-11/h7-8H,1-6H2,(H,12,13)(H,14,15). The second-order valence-electron chi connectivity index (χ2n) is 4.91. The topological polar surface area (TPSA) is 74.6 Å². The lowest BCUT2D eigenvalue weighted by molar-refractivity contribution is -0.151. The molecule has 0 heterocycles. The fraction of sp³-hybridized carbons (Fsp3) is 0.818. The van der Waals surface area contributed by atoms with Crippen molar-refractivity contribution in [3.8, 4) is 0 Å². The lowest BCUT2D eigenvalue weighted by atomic mass is 9.71. The van der Waals surface area contributed by atoms with Crippen LogP contribution in [0.25, 0.3) is 0 Å². The van der Waals surface area contributed by atoms with E-state index < -0.39 is 17.4 Å². The smallest absolute Gasteiger partial charge is 0.309 e. The van der Waals surface area contributed by atoms with E-state index in [4.69, 9.17) is 5.11 Å².